The lowest BCUT2D eigenvalue weighted by Gasteiger charge is -2.38. The van der Waals surface area contributed by atoms with Crippen LogP contribution in [0.15, 0.2) is 18.2 Å². The van der Waals surface area contributed by atoms with Crippen molar-refractivity contribution >= 4 is 29.0 Å². The van der Waals surface area contributed by atoms with Gasteiger partial charge in [-0.1, -0.05) is 23.2 Å². The van der Waals surface area contributed by atoms with Gasteiger partial charge in [0.05, 0.1) is 11.1 Å². The minimum atomic E-state index is -0.194. The number of carbonyl (C=O) groups is 1. The topological polar surface area (TPSA) is 23.6 Å². The fraction of sp³-hybridized carbons (Fsp3) is 0.562. The van der Waals surface area contributed by atoms with Gasteiger partial charge in [-0.3, -0.25) is 9.69 Å². The van der Waals surface area contributed by atoms with Crippen molar-refractivity contribution in [1.82, 2.24) is 9.80 Å². The van der Waals surface area contributed by atoms with Crippen LogP contribution < -0.4 is 0 Å². The summed E-state index contributed by atoms with van der Waals surface area (Å²) >= 11 is 12.0. The number of benzene rings is 1. The van der Waals surface area contributed by atoms with Crippen LogP contribution in [0.1, 0.15) is 30.1 Å². The molecule has 0 saturated carbocycles. The lowest BCUT2D eigenvalue weighted by molar-refractivity contribution is 0.0709. The molecule has 21 heavy (non-hydrogen) atoms. The fourth-order valence-corrected chi connectivity index (χ4v) is 3.39. The quantitative estimate of drug-likeness (QED) is 0.789. The third kappa shape index (κ3) is 3.98. The third-order valence-electron chi connectivity index (χ3n) is 4.36. The summed E-state index contributed by atoms with van der Waals surface area (Å²) in [5, 5.41) is 0.972. The van der Waals surface area contributed by atoms with Gasteiger partial charge in [-0.25, -0.2) is 0 Å². The number of carbonyl (C=O) groups excluding carboxylic acids is 1. The maximum Gasteiger partial charge on any atom is 0.181 e. The average Bonchev–Trinajstić information content (AvgIpc) is 2.45. The highest BCUT2D eigenvalue weighted by Crippen LogP contribution is 2.24. The van der Waals surface area contributed by atoms with E-state index in [0.29, 0.717) is 21.7 Å². The monoisotopic (exact) mass is 328 g/mol. The number of ketones is 1. The summed E-state index contributed by atoms with van der Waals surface area (Å²) in [7, 11) is 4.15. The maximum absolute atomic E-state index is 12.7. The molecule has 2 atom stereocenters. The SMILES string of the molecule is CC(C(=O)c1ccc(Cl)cc1Cl)N(C)C1CCCN(C)C1. The molecule has 0 N–H and O–H groups in total. The molecule has 0 amide bonds. The molecule has 2 unspecified atom stereocenters. The summed E-state index contributed by atoms with van der Waals surface area (Å²) in [5.74, 6) is 0.0485. The first kappa shape index (κ1) is 16.8. The molecule has 0 bridgehead atoms. The number of piperidine rings is 1. The Morgan fingerprint density at radius 2 is 2.14 bits per heavy atom. The van der Waals surface area contributed by atoms with Gasteiger partial charge in [0.1, 0.15) is 0 Å². The summed E-state index contributed by atoms with van der Waals surface area (Å²) in [6.45, 7) is 4.08. The second-order valence-corrected chi connectivity index (χ2v) is 6.73. The number of nitrogens with zero attached hydrogens (tertiary/aromatic N) is 2. The molecule has 0 radical (unpaired) electrons. The van der Waals surface area contributed by atoms with Crippen molar-refractivity contribution in [2.24, 2.45) is 0 Å². The highest BCUT2D eigenvalue weighted by Gasteiger charge is 2.29. The lowest BCUT2D eigenvalue weighted by Crippen LogP contribution is -2.50. The summed E-state index contributed by atoms with van der Waals surface area (Å²) in [6.07, 6.45) is 2.31. The van der Waals surface area contributed by atoms with Crippen LogP contribution in [0.25, 0.3) is 0 Å². The van der Waals surface area contributed by atoms with Crippen LogP contribution in [-0.2, 0) is 0 Å². The Morgan fingerprint density at radius 1 is 1.43 bits per heavy atom. The van der Waals surface area contributed by atoms with Gasteiger partial charge < -0.3 is 4.90 Å². The lowest BCUT2D eigenvalue weighted by atomic mass is 9.99. The van der Waals surface area contributed by atoms with Crippen LogP contribution in [-0.4, -0.2) is 54.9 Å². The van der Waals surface area contributed by atoms with Crippen LogP contribution in [0.2, 0.25) is 10.0 Å². The second-order valence-electron chi connectivity index (χ2n) is 5.89. The number of likely N-dealkylation sites (N-methyl/N-ethyl adjacent to an activating group) is 2. The van der Waals surface area contributed by atoms with E-state index in [4.69, 9.17) is 23.2 Å². The van der Waals surface area contributed by atoms with E-state index in [0.717, 1.165) is 19.5 Å². The number of hydrogen-bond donors (Lipinski definition) is 0. The zero-order chi connectivity index (χ0) is 15.6. The van der Waals surface area contributed by atoms with E-state index in [-0.39, 0.29) is 11.8 Å². The first-order chi connectivity index (χ1) is 9.90. The second kappa shape index (κ2) is 7.10. The van der Waals surface area contributed by atoms with Crippen LogP contribution in [0.3, 0.4) is 0 Å². The first-order valence-corrected chi connectivity index (χ1v) is 8.05. The molecule has 1 heterocycles. The molecule has 116 valence electrons. The standard InChI is InChI=1S/C16H22Cl2N2O/c1-11(20(3)13-5-4-8-19(2)10-13)16(21)14-7-6-12(17)9-15(14)18/h6-7,9,11,13H,4-5,8,10H2,1-3H3. The summed E-state index contributed by atoms with van der Waals surface area (Å²) < 4.78 is 0. The van der Waals surface area contributed by atoms with Crippen LogP contribution in [0.5, 0.6) is 0 Å². The Hall–Kier alpha value is -0.610. The van der Waals surface area contributed by atoms with Crippen molar-refractivity contribution < 1.29 is 4.79 Å². The number of halogens is 2. The minimum Gasteiger partial charge on any atom is -0.305 e. The summed E-state index contributed by atoms with van der Waals surface area (Å²) in [4.78, 5) is 17.1. The zero-order valence-corrected chi connectivity index (χ0v) is 14.3. The molecule has 0 spiro atoms. The van der Waals surface area contributed by atoms with Gasteiger partial charge in [-0.05, 0) is 58.6 Å². The number of Topliss-reactive ketones (excluding diaryl/α,β-unsaturated/α-hetero) is 1. The van der Waals surface area contributed by atoms with Crippen molar-refractivity contribution in [3.05, 3.63) is 33.8 Å². The molecule has 5 heteroatoms. The number of likely N-dealkylation sites (tertiary alicyclic amines) is 1. The van der Waals surface area contributed by atoms with Gasteiger partial charge in [0.2, 0.25) is 0 Å². The van der Waals surface area contributed by atoms with Gasteiger partial charge in [0.25, 0.3) is 0 Å². The van der Waals surface area contributed by atoms with Gasteiger partial charge >= 0.3 is 0 Å². The van der Waals surface area contributed by atoms with Gasteiger partial charge in [-0.2, -0.15) is 0 Å². The molecule has 0 aromatic heterocycles. The van der Waals surface area contributed by atoms with Crippen LogP contribution in [0.4, 0.5) is 0 Å². The Kier molecular flexibility index (Phi) is 5.67. The van der Waals surface area contributed by atoms with Gasteiger partial charge in [0, 0.05) is 23.2 Å². The molecule has 1 saturated heterocycles. The van der Waals surface area contributed by atoms with E-state index in [2.05, 4.69) is 16.8 Å². The maximum atomic E-state index is 12.7. The largest absolute Gasteiger partial charge is 0.305 e. The Labute approximate surface area is 136 Å². The van der Waals surface area contributed by atoms with Crippen molar-refractivity contribution in [2.45, 2.75) is 31.8 Å². The first-order valence-electron chi connectivity index (χ1n) is 7.30. The molecule has 0 aliphatic carbocycles. The third-order valence-corrected chi connectivity index (χ3v) is 4.91. The minimum absolute atomic E-state index is 0.0485. The zero-order valence-electron chi connectivity index (χ0n) is 12.8. The summed E-state index contributed by atoms with van der Waals surface area (Å²) in [6, 6.07) is 5.26. The van der Waals surface area contributed by atoms with E-state index < -0.39 is 0 Å². The smallest absolute Gasteiger partial charge is 0.181 e. The number of rotatable bonds is 4. The van der Waals surface area contributed by atoms with Crippen LogP contribution >= 0.6 is 23.2 Å². The Bertz CT molecular complexity index is 521. The van der Waals surface area contributed by atoms with Crippen molar-refractivity contribution in [3.8, 4) is 0 Å². The van der Waals surface area contributed by atoms with E-state index in [1.165, 1.54) is 6.42 Å². The highest BCUT2D eigenvalue weighted by molar-refractivity contribution is 6.37. The van der Waals surface area contributed by atoms with Crippen LogP contribution in [0, 0.1) is 0 Å². The molecular formula is C16H22Cl2N2O. The predicted octanol–water partition coefficient (Wildman–Crippen LogP) is 3.59. The Morgan fingerprint density at radius 3 is 2.76 bits per heavy atom. The van der Waals surface area contributed by atoms with Crippen molar-refractivity contribution in [2.75, 3.05) is 27.2 Å². The molecule has 1 aliphatic heterocycles. The molecule has 1 aromatic rings. The molecule has 1 fully saturated rings. The van der Waals surface area contributed by atoms with E-state index in [1.54, 1.807) is 18.2 Å². The van der Waals surface area contributed by atoms with Gasteiger partial charge in [0.15, 0.2) is 5.78 Å². The normalized spacial score (nSPS) is 21.5. The highest BCUT2D eigenvalue weighted by atomic mass is 35.5. The van der Waals surface area contributed by atoms with Crippen molar-refractivity contribution in [3.63, 3.8) is 0 Å². The average molecular weight is 329 g/mol. The summed E-state index contributed by atoms with van der Waals surface area (Å²) in [5.41, 5.74) is 0.546. The van der Waals surface area contributed by atoms with E-state index >= 15 is 0 Å². The van der Waals surface area contributed by atoms with Gasteiger partial charge in [-0.15, -0.1) is 0 Å². The van der Waals surface area contributed by atoms with E-state index in [1.807, 2.05) is 14.0 Å². The van der Waals surface area contributed by atoms with E-state index in [9.17, 15) is 4.79 Å². The predicted molar refractivity (Wildman–Crippen MR) is 88.5 cm³/mol. The molecule has 1 aliphatic rings. The van der Waals surface area contributed by atoms with Crippen molar-refractivity contribution in [1.29, 1.82) is 0 Å². The fourth-order valence-electron chi connectivity index (χ4n) is 2.89. The molecule has 3 nitrogen and oxygen atoms in total. The molecule has 2 rings (SSSR count). The Balaban J connectivity index is 2.10. The molecular weight excluding hydrogens is 307 g/mol. The number of hydrogen-bond acceptors (Lipinski definition) is 3. The molecule has 1 aromatic carbocycles.